The maximum absolute atomic E-state index is 13.7. The van der Waals surface area contributed by atoms with Crippen LogP contribution in [-0.4, -0.2) is 42.2 Å². The first-order valence-corrected chi connectivity index (χ1v) is 9.99. The smallest absolute Gasteiger partial charge is 0.280 e. The minimum atomic E-state index is -2.84. The van der Waals surface area contributed by atoms with Gasteiger partial charge in [-0.2, -0.15) is 10.2 Å². The number of carbonyl (C=O) groups excluding carboxylic acids is 1. The number of nitrogens with zero attached hydrogens (tertiary/aromatic N) is 6. The van der Waals surface area contributed by atoms with E-state index in [2.05, 4.69) is 15.2 Å². The van der Waals surface area contributed by atoms with Gasteiger partial charge in [0.25, 0.3) is 12.3 Å². The monoisotopic (exact) mass is 442 g/mol. The van der Waals surface area contributed by atoms with E-state index in [0.29, 0.717) is 18.7 Å². The predicted molar refractivity (Wildman–Crippen MR) is 112 cm³/mol. The van der Waals surface area contributed by atoms with Crippen LogP contribution >= 0.6 is 0 Å². The quantitative estimate of drug-likeness (QED) is 0.447. The average molecular weight is 442 g/mol. The van der Waals surface area contributed by atoms with Gasteiger partial charge in [0.2, 0.25) is 0 Å². The second kappa shape index (κ2) is 8.45. The van der Waals surface area contributed by atoms with Crippen LogP contribution in [0.1, 0.15) is 40.7 Å². The summed E-state index contributed by atoms with van der Waals surface area (Å²) in [7, 11) is 1.62. The molecule has 7 nitrogen and oxygen atoms in total. The summed E-state index contributed by atoms with van der Waals surface area (Å²) in [5.74, 6) is -0.861. The summed E-state index contributed by atoms with van der Waals surface area (Å²) in [5, 5.41) is 8.36. The Kier molecular flexibility index (Phi) is 5.68. The lowest BCUT2D eigenvalue weighted by molar-refractivity contribution is 0.0786. The van der Waals surface area contributed by atoms with E-state index in [1.807, 2.05) is 20.0 Å². The Hall–Kier alpha value is -3.69. The maximum atomic E-state index is 13.7. The van der Waals surface area contributed by atoms with E-state index >= 15 is 0 Å². The molecule has 0 radical (unpaired) electrons. The van der Waals surface area contributed by atoms with E-state index in [1.54, 1.807) is 11.7 Å². The number of amides is 1. The number of aryl methyl sites for hydroxylation is 2. The van der Waals surface area contributed by atoms with E-state index in [9.17, 15) is 18.0 Å². The molecule has 0 aliphatic rings. The number of carbonyl (C=O) groups is 1. The summed E-state index contributed by atoms with van der Waals surface area (Å²) in [5.41, 5.74) is 2.04. The minimum Gasteiger partial charge on any atom is -0.337 e. The first kappa shape index (κ1) is 21.5. The molecule has 0 atom stereocenters. The summed E-state index contributed by atoms with van der Waals surface area (Å²) < 4.78 is 43.5. The molecule has 0 aliphatic heterocycles. The molecule has 3 aromatic heterocycles. The normalized spacial score (nSPS) is 11.5. The van der Waals surface area contributed by atoms with Crippen LogP contribution in [0.4, 0.5) is 13.2 Å². The molecule has 32 heavy (non-hydrogen) atoms. The molecule has 0 saturated heterocycles. The Morgan fingerprint density at radius 2 is 1.94 bits per heavy atom. The number of fused-ring (bicyclic) bond motifs is 1. The van der Waals surface area contributed by atoms with Gasteiger partial charge < -0.3 is 4.90 Å². The van der Waals surface area contributed by atoms with Crippen molar-refractivity contribution >= 4 is 11.6 Å². The molecular weight excluding hydrogens is 421 g/mol. The van der Waals surface area contributed by atoms with Crippen molar-refractivity contribution in [1.29, 1.82) is 0 Å². The van der Waals surface area contributed by atoms with Gasteiger partial charge in [-0.25, -0.2) is 22.7 Å². The van der Waals surface area contributed by atoms with E-state index in [0.717, 1.165) is 15.8 Å². The summed E-state index contributed by atoms with van der Waals surface area (Å²) in [6.07, 6.45) is 0.265. The van der Waals surface area contributed by atoms with Crippen molar-refractivity contribution < 1.29 is 18.0 Å². The molecule has 10 heteroatoms. The molecule has 4 aromatic rings. The molecule has 3 heterocycles. The highest BCUT2D eigenvalue weighted by atomic mass is 19.3. The number of benzene rings is 1. The minimum absolute atomic E-state index is 0.0138. The lowest BCUT2D eigenvalue weighted by Gasteiger charge is -2.16. The van der Waals surface area contributed by atoms with Gasteiger partial charge in [-0.3, -0.25) is 9.48 Å². The standard InChI is InChI=1S/C22H21F3N6O/c1-4-30-12-15(13(2)28-30)11-29(3)22(32)17-10-26-31-19(20(24)25)9-18(27-21(17)31)14-5-7-16(23)8-6-14/h5-10,12,20H,4,11H2,1-3H3. The van der Waals surface area contributed by atoms with Crippen molar-refractivity contribution in [3.63, 3.8) is 0 Å². The summed E-state index contributed by atoms with van der Waals surface area (Å²) in [4.78, 5) is 19.0. The molecule has 0 unspecified atom stereocenters. The van der Waals surface area contributed by atoms with Gasteiger partial charge >= 0.3 is 0 Å². The highest BCUT2D eigenvalue weighted by Gasteiger charge is 2.24. The van der Waals surface area contributed by atoms with Crippen molar-refractivity contribution in [1.82, 2.24) is 29.3 Å². The fraction of sp³-hybridized carbons (Fsp3) is 0.273. The molecule has 0 bridgehead atoms. The van der Waals surface area contributed by atoms with Crippen LogP contribution in [0.25, 0.3) is 16.9 Å². The van der Waals surface area contributed by atoms with Crippen LogP contribution in [0.5, 0.6) is 0 Å². The zero-order valence-corrected chi connectivity index (χ0v) is 17.8. The average Bonchev–Trinajstić information content (AvgIpc) is 3.36. The molecule has 0 saturated carbocycles. The highest BCUT2D eigenvalue weighted by Crippen LogP contribution is 2.27. The molecule has 1 amide bonds. The fourth-order valence-electron chi connectivity index (χ4n) is 3.47. The molecule has 0 N–H and O–H groups in total. The fourth-order valence-corrected chi connectivity index (χ4v) is 3.47. The predicted octanol–water partition coefficient (Wildman–Crippen LogP) is 4.27. The zero-order chi connectivity index (χ0) is 23.0. The third-order valence-electron chi connectivity index (χ3n) is 5.22. The number of rotatable bonds is 6. The first-order valence-electron chi connectivity index (χ1n) is 9.99. The van der Waals surface area contributed by atoms with Crippen LogP contribution in [0, 0.1) is 12.7 Å². The van der Waals surface area contributed by atoms with Crippen molar-refractivity contribution in [3.05, 3.63) is 71.1 Å². The Morgan fingerprint density at radius 1 is 1.22 bits per heavy atom. The third kappa shape index (κ3) is 3.95. The highest BCUT2D eigenvalue weighted by molar-refractivity contribution is 5.99. The van der Waals surface area contributed by atoms with E-state index in [-0.39, 0.29) is 16.9 Å². The van der Waals surface area contributed by atoms with Gasteiger partial charge in [0.1, 0.15) is 17.1 Å². The molecule has 4 rings (SSSR count). The van der Waals surface area contributed by atoms with Crippen LogP contribution in [0.15, 0.2) is 42.7 Å². The Labute approximate surface area is 182 Å². The van der Waals surface area contributed by atoms with Gasteiger partial charge in [0.05, 0.1) is 17.6 Å². The van der Waals surface area contributed by atoms with Gasteiger partial charge in [0, 0.05) is 37.5 Å². The zero-order valence-electron chi connectivity index (χ0n) is 17.8. The largest absolute Gasteiger partial charge is 0.337 e. The van der Waals surface area contributed by atoms with Crippen molar-refractivity contribution in [2.24, 2.45) is 0 Å². The van der Waals surface area contributed by atoms with Crippen LogP contribution in [0.2, 0.25) is 0 Å². The van der Waals surface area contributed by atoms with Crippen molar-refractivity contribution in [2.45, 2.75) is 33.4 Å². The molecular formula is C22H21F3N6O. The topological polar surface area (TPSA) is 68.3 Å². The van der Waals surface area contributed by atoms with Crippen molar-refractivity contribution in [3.8, 4) is 11.3 Å². The SMILES string of the molecule is CCn1cc(CN(C)C(=O)c2cnn3c(C(F)F)cc(-c4ccc(F)cc4)nc23)c(C)n1. The molecule has 0 aliphatic carbocycles. The van der Waals surface area contributed by atoms with Crippen LogP contribution < -0.4 is 0 Å². The van der Waals surface area contributed by atoms with Crippen molar-refractivity contribution in [2.75, 3.05) is 7.05 Å². The van der Waals surface area contributed by atoms with Gasteiger partial charge in [0.15, 0.2) is 5.65 Å². The molecule has 1 aromatic carbocycles. The molecule has 166 valence electrons. The number of hydrogen-bond donors (Lipinski definition) is 0. The number of hydrogen-bond acceptors (Lipinski definition) is 4. The Bertz CT molecular complexity index is 1280. The van der Waals surface area contributed by atoms with Crippen LogP contribution in [0.3, 0.4) is 0 Å². The maximum Gasteiger partial charge on any atom is 0.280 e. The van der Waals surface area contributed by atoms with Gasteiger partial charge in [-0.05, 0) is 44.2 Å². The molecule has 0 spiro atoms. The summed E-state index contributed by atoms with van der Waals surface area (Å²) >= 11 is 0. The number of halogens is 3. The summed E-state index contributed by atoms with van der Waals surface area (Å²) in [6, 6.07) is 6.53. The second-order valence-corrected chi connectivity index (χ2v) is 7.42. The second-order valence-electron chi connectivity index (χ2n) is 7.42. The number of aromatic nitrogens is 5. The van der Waals surface area contributed by atoms with E-state index in [1.165, 1.54) is 41.4 Å². The third-order valence-corrected chi connectivity index (χ3v) is 5.22. The lowest BCUT2D eigenvalue weighted by Crippen LogP contribution is -2.26. The lowest BCUT2D eigenvalue weighted by atomic mass is 10.1. The van der Waals surface area contributed by atoms with E-state index < -0.39 is 23.8 Å². The molecule has 0 fully saturated rings. The van der Waals surface area contributed by atoms with Crippen LogP contribution in [-0.2, 0) is 13.1 Å². The Morgan fingerprint density at radius 3 is 2.56 bits per heavy atom. The Balaban J connectivity index is 1.74. The van der Waals surface area contributed by atoms with E-state index in [4.69, 9.17) is 0 Å². The van der Waals surface area contributed by atoms with Gasteiger partial charge in [-0.15, -0.1) is 0 Å². The summed E-state index contributed by atoms with van der Waals surface area (Å²) in [6.45, 7) is 4.83. The van der Waals surface area contributed by atoms with Gasteiger partial charge in [-0.1, -0.05) is 0 Å². The number of alkyl halides is 2. The first-order chi connectivity index (χ1) is 15.3.